The van der Waals surface area contributed by atoms with E-state index in [1.54, 1.807) is 0 Å². The second-order valence-corrected chi connectivity index (χ2v) is 5.22. The molecule has 1 atom stereocenters. The van der Waals surface area contributed by atoms with Gasteiger partial charge >= 0.3 is 0 Å². The Morgan fingerprint density at radius 2 is 2.18 bits per heavy atom. The van der Waals surface area contributed by atoms with Gasteiger partial charge in [0.05, 0.1) is 13.2 Å². The van der Waals surface area contributed by atoms with Gasteiger partial charge in [0.2, 0.25) is 5.91 Å². The van der Waals surface area contributed by atoms with E-state index >= 15 is 0 Å². The monoisotopic (exact) mass is 242 g/mol. The van der Waals surface area contributed by atoms with Crippen molar-refractivity contribution in [1.82, 2.24) is 9.80 Å². The van der Waals surface area contributed by atoms with Crippen LogP contribution < -0.4 is 0 Å². The third-order valence-corrected chi connectivity index (χ3v) is 3.58. The van der Waals surface area contributed by atoms with Crippen LogP contribution in [0.25, 0.3) is 0 Å². The average molecular weight is 242 g/mol. The van der Waals surface area contributed by atoms with Crippen molar-refractivity contribution < 1.29 is 9.90 Å². The van der Waals surface area contributed by atoms with E-state index in [0.717, 1.165) is 19.4 Å². The first-order chi connectivity index (χ1) is 8.06. The van der Waals surface area contributed by atoms with Gasteiger partial charge in [-0.2, -0.15) is 0 Å². The molecule has 4 nitrogen and oxygen atoms in total. The molecule has 0 saturated carbocycles. The van der Waals surface area contributed by atoms with E-state index in [0.29, 0.717) is 25.2 Å². The third-order valence-electron chi connectivity index (χ3n) is 3.58. The SMILES string of the molecule is CC(C)N(CCO)CC(=O)N1CCCCC1C. The fourth-order valence-electron chi connectivity index (χ4n) is 2.38. The van der Waals surface area contributed by atoms with Crippen LogP contribution in [-0.4, -0.2) is 59.1 Å². The lowest BCUT2D eigenvalue weighted by Crippen LogP contribution is -2.48. The second kappa shape index (κ2) is 6.97. The molecule has 0 aromatic rings. The number of aliphatic hydroxyl groups is 1. The van der Waals surface area contributed by atoms with Crippen molar-refractivity contribution >= 4 is 5.91 Å². The van der Waals surface area contributed by atoms with Crippen molar-refractivity contribution in [3.8, 4) is 0 Å². The summed E-state index contributed by atoms with van der Waals surface area (Å²) >= 11 is 0. The Hall–Kier alpha value is -0.610. The zero-order chi connectivity index (χ0) is 12.8. The summed E-state index contributed by atoms with van der Waals surface area (Å²) in [6.07, 6.45) is 3.47. The summed E-state index contributed by atoms with van der Waals surface area (Å²) in [6.45, 7) is 8.26. The van der Waals surface area contributed by atoms with Gasteiger partial charge in [-0.25, -0.2) is 0 Å². The molecule has 1 aliphatic heterocycles. The number of likely N-dealkylation sites (tertiary alicyclic amines) is 1. The van der Waals surface area contributed by atoms with E-state index in [9.17, 15) is 4.79 Å². The minimum absolute atomic E-state index is 0.112. The molecule has 1 fully saturated rings. The molecule has 0 bridgehead atoms. The minimum atomic E-state index is 0.112. The summed E-state index contributed by atoms with van der Waals surface area (Å²) in [7, 11) is 0. The molecule has 1 amide bonds. The van der Waals surface area contributed by atoms with Crippen LogP contribution in [0.4, 0.5) is 0 Å². The number of aliphatic hydroxyl groups excluding tert-OH is 1. The number of carbonyl (C=O) groups is 1. The van der Waals surface area contributed by atoms with Crippen molar-refractivity contribution in [1.29, 1.82) is 0 Å². The van der Waals surface area contributed by atoms with Gasteiger partial charge in [-0.15, -0.1) is 0 Å². The maximum Gasteiger partial charge on any atom is 0.236 e. The summed E-state index contributed by atoms with van der Waals surface area (Å²) < 4.78 is 0. The summed E-state index contributed by atoms with van der Waals surface area (Å²) in [4.78, 5) is 16.2. The van der Waals surface area contributed by atoms with Gasteiger partial charge in [0.25, 0.3) is 0 Å². The molecule has 0 aromatic carbocycles. The second-order valence-electron chi connectivity index (χ2n) is 5.22. The summed E-state index contributed by atoms with van der Waals surface area (Å²) in [5.41, 5.74) is 0. The zero-order valence-electron chi connectivity index (χ0n) is 11.4. The highest BCUT2D eigenvalue weighted by molar-refractivity contribution is 5.78. The Labute approximate surface area is 105 Å². The zero-order valence-corrected chi connectivity index (χ0v) is 11.4. The quantitative estimate of drug-likeness (QED) is 0.785. The number of carbonyl (C=O) groups excluding carboxylic acids is 1. The Morgan fingerprint density at radius 3 is 2.71 bits per heavy atom. The summed E-state index contributed by atoms with van der Waals surface area (Å²) in [5, 5.41) is 8.99. The van der Waals surface area contributed by atoms with Crippen molar-refractivity contribution in [2.75, 3.05) is 26.2 Å². The Bertz CT molecular complexity index is 244. The number of amides is 1. The lowest BCUT2D eigenvalue weighted by Gasteiger charge is -2.35. The maximum absolute atomic E-state index is 12.2. The number of hydrogen-bond acceptors (Lipinski definition) is 3. The Kier molecular flexibility index (Phi) is 5.92. The molecule has 1 rings (SSSR count). The lowest BCUT2D eigenvalue weighted by atomic mass is 10.0. The normalized spacial score (nSPS) is 21.3. The molecule has 1 N–H and O–H groups in total. The van der Waals surface area contributed by atoms with E-state index in [1.165, 1.54) is 6.42 Å². The van der Waals surface area contributed by atoms with Crippen LogP contribution in [0.15, 0.2) is 0 Å². The first-order valence-corrected chi connectivity index (χ1v) is 6.70. The number of rotatable bonds is 5. The molecule has 17 heavy (non-hydrogen) atoms. The van der Waals surface area contributed by atoms with E-state index in [-0.39, 0.29) is 12.5 Å². The smallest absolute Gasteiger partial charge is 0.236 e. The van der Waals surface area contributed by atoms with Gasteiger partial charge in [0, 0.05) is 25.2 Å². The molecule has 1 heterocycles. The highest BCUT2D eigenvalue weighted by atomic mass is 16.3. The molecule has 4 heteroatoms. The maximum atomic E-state index is 12.2. The summed E-state index contributed by atoms with van der Waals surface area (Å²) in [5.74, 6) is 0.208. The minimum Gasteiger partial charge on any atom is -0.395 e. The van der Waals surface area contributed by atoms with Crippen LogP contribution in [0.5, 0.6) is 0 Å². The molecule has 1 unspecified atom stereocenters. The van der Waals surface area contributed by atoms with Crippen LogP contribution in [0.1, 0.15) is 40.0 Å². The molecule has 1 saturated heterocycles. The molecular weight excluding hydrogens is 216 g/mol. The highest BCUT2D eigenvalue weighted by Crippen LogP contribution is 2.16. The van der Waals surface area contributed by atoms with Gasteiger partial charge in [-0.1, -0.05) is 0 Å². The number of piperidine rings is 1. The number of hydrogen-bond donors (Lipinski definition) is 1. The van der Waals surface area contributed by atoms with Crippen molar-refractivity contribution in [3.05, 3.63) is 0 Å². The summed E-state index contributed by atoms with van der Waals surface area (Å²) in [6, 6.07) is 0.672. The molecule has 0 aromatic heterocycles. The van der Waals surface area contributed by atoms with E-state index in [2.05, 4.69) is 20.8 Å². The number of nitrogens with zero attached hydrogens (tertiary/aromatic N) is 2. The van der Waals surface area contributed by atoms with Gasteiger partial charge in [-0.05, 0) is 40.0 Å². The molecule has 1 aliphatic rings. The Balaban J connectivity index is 2.50. The topological polar surface area (TPSA) is 43.8 Å². The van der Waals surface area contributed by atoms with Crippen molar-refractivity contribution in [3.63, 3.8) is 0 Å². The molecule has 0 spiro atoms. The van der Waals surface area contributed by atoms with E-state index in [4.69, 9.17) is 5.11 Å². The predicted octanol–water partition coefficient (Wildman–Crippen LogP) is 1.09. The van der Waals surface area contributed by atoms with E-state index < -0.39 is 0 Å². The first-order valence-electron chi connectivity index (χ1n) is 6.70. The molecule has 0 radical (unpaired) electrons. The Morgan fingerprint density at radius 1 is 1.47 bits per heavy atom. The standard InChI is InChI=1S/C13H26N2O2/c1-11(2)14(8-9-16)10-13(17)15-7-5-4-6-12(15)3/h11-12,16H,4-10H2,1-3H3. The average Bonchev–Trinajstić information content (AvgIpc) is 2.28. The highest BCUT2D eigenvalue weighted by Gasteiger charge is 2.25. The van der Waals surface area contributed by atoms with Gasteiger partial charge < -0.3 is 10.0 Å². The predicted molar refractivity (Wildman–Crippen MR) is 68.8 cm³/mol. The van der Waals surface area contributed by atoms with Crippen molar-refractivity contribution in [2.24, 2.45) is 0 Å². The first kappa shape index (κ1) is 14.5. The van der Waals surface area contributed by atoms with Crippen LogP contribution in [0, 0.1) is 0 Å². The van der Waals surface area contributed by atoms with Crippen LogP contribution >= 0.6 is 0 Å². The largest absolute Gasteiger partial charge is 0.395 e. The molecular formula is C13H26N2O2. The third kappa shape index (κ3) is 4.28. The van der Waals surface area contributed by atoms with Crippen LogP contribution in [-0.2, 0) is 4.79 Å². The van der Waals surface area contributed by atoms with Gasteiger partial charge in [-0.3, -0.25) is 9.69 Å². The van der Waals surface area contributed by atoms with Crippen molar-refractivity contribution in [2.45, 2.75) is 52.1 Å². The fourth-order valence-corrected chi connectivity index (χ4v) is 2.38. The fraction of sp³-hybridized carbons (Fsp3) is 0.923. The lowest BCUT2D eigenvalue weighted by molar-refractivity contribution is -0.136. The van der Waals surface area contributed by atoms with Crippen LogP contribution in [0.3, 0.4) is 0 Å². The van der Waals surface area contributed by atoms with E-state index in [1.807, 2.05) is 9.80 Å². The van der Waals surface area contributed by atoms with Gasteiger partial charge in [0.15, 0.2) is 0 Å². The molecule has 100 valence electrons. The van der Waals surface area contributed by atoms with Gasteiger partial charge in [0.1, 0.15) is 0 Å². The molecule has 0 aliphatic carbocycles. The van der Waals surface area contributed by atoms with Crippen LogP contribution in [0.2, 0.25) is 0 Å².